The first-order valence-corrected chi connectivity index (χ1v) is 7.10. The van der Waals surface area contributed by atoms with Crippen LogP contribution in [0.15, 0.2) is 0 Å². The maximum Gasteiger partial charge on any atom is 0.249 e. The lowest BCUT2D eigenvalue weighted by Gasteiger charge is -2.28. The summed E-state index contributed by atoms with van der Waals surface area (Å²) >= 11 is 0. The number of amides is 2. The first-order chi connectivity index (χ1) is 9.31. The predicted molar refractivity (Wildman–Crippen MR) is 73.6 cm³/mol. The van der Waals surface area contributed by atoms with Crippen molar-refractivity contribution in [2.75, 3.05) is 0 Å². The van der Waals surface area contributed by atoms with E-state index in [1.807, 2.05) is 13.8 Å². The molecule has 20 heavy (non-hydrogen) atoms. The number of carbonyl (C=O) groups excluding carboxylic acids is 3. The van der Waals surface area contributed by atoms with Crippen LogP contribution in [0.3, 0.4) is 0 Å². The number of primary amides is 1. The second kappa shape index (κ2) is 7.38. The molecule has 0 aromatic heterocycles. The van der Waals surface area contributed by atoms with E-state index in [0.29, 0.717) is 25.7 Å². The van der Waals surface area contributed by atoms with Gasteiger partial charge in [0.15, 0.2) is 0 Å². The van der Waals surface area contributed by atoms with E-state index < -0.39 is 24.0 Å². The number of nitrogens with two attached hydrogens (primary N) is 1. The molecule has 4 N–H and O–H groups in total. The second-order valence-electron chi connectivity index (χ2n) is 5.93. The summed E-state index contributed by atoms with van der Waals surface area (Å²) in [6.45, 7) is 3.78. The smallest absolute Gasteiger partial charge is 0.249 e. The fraction of sp³-hybridized carbons (Fsp3) is 0.786. The van der Waals surface area contributed by atoms with Crippen molar-refractivity contribution in [1.82, 2.24) is 5.32 Å². The Kier molecular flexibility index (Phi) is 6.13. The van der Waals surface area contributed by atoms with Gasteiger partial charge in [-0.1, -0.05) is 13.8 Å². The van der Waals surface area contributed by atoms with Crippen molar-refractivity contribution in [2.45, 2.75) is 58.1 Å². The molecule has 1 aliphatic rings. The van der Waals surface area contributed by atoms with E-state index in [1.54, 1.807) is 0 Å². The van der Waals surface area contributed by atoms with Gasteiger partial charge in [0.2, 0.25) is 11.8 Å². The lowest BCUT2D eigenvalue weighted by molar-refractivity contribution is -0.135. The number of carbonyl (C=O) groups is 3. The first kappa shape index (κ1) is 16.6. The molecule has 1 fully saturated rings. The monoisotopic (exact) mass is 284 g/mol. The summed E-state index contributed by atoms with van der Waals surface area (Å²) in [4.78, 5) is 34.8. The Morgan fingerprint density at radius 3 is 2.60 bits per heavy atom. The molecule has 0 aliphatic heterocycles. The van der Waals surface area contributed by atoms with E-state index in [4.69, 9.17) is 5.73 Å². The molecular formula is C14H24N2O4. The van der Waals surface area contributed by atoms with Gasteiger partial charge < -0.3 is 16.2 Å². The molecule has 2 amide bonds. The third kappa shape index (κ3) is 4.92. The summed E-state index contributed by atoms with van der Waals surface area (Å²) in [5, 5.41) is 12.2. The Bertz CT molecular complexity index is 381. The molecular weight excluding hydrogens is 260 g/mol. The standard InChI is InChI=1S/C14H24N2O4/c1-8(2)6-11(18)14(20)16-12(13(15)19)9-4-3-5-10(17)7-9/h8-9,11-12,18H,3-7H2,1-2H3,(H2,15,19)(H,16,20)/t9-,11-,12-/m1/s1. The molecule has 0 radical (unpaired) electrons. The number of Topliss-reactive ketones (excluding diaryl/α,β-unsaturated/α-hetero) is 1. The Hall–Kier alpha value is -1.43. The zero-order valence-corrected chi connectivity index (χ0v) is 12.1. The van der Waals surface area contributed by atoms with Crippen LogP contribution in [0, 0.1) is 11.8 Å². The van der Waals surface area contributed by atoms with E-state index in [0.717, 1.165) is 0 Å². The van der Waals surface area contributed by atoms with Crippen molar-refractivity contribution >= 4 is 17.6 Å². The van der Waals surface area contributed by atoms with Crippen LogP contribution in [0.5, 0.6) is 0 Å². The van der Waals surface area contributed by atoms with Gasteiger partial charge in [-0.15, -0.1) is 0 Å². The molecule has 0 bridgehead atoms. The fourth-order valence-electron chi connectivity index (χ4n) is 2.57. The highest BCUT2D eigenvalue weighted by Crippen LogP contribution is 2.24. The Morgan fingerprint density at radius 2 is 2.10 bits per heavy atom. The molecule has 0 aromatic carbocycles. The van der Waals surface area contributed by atoms with Gasteiger partial charge in [0.1, 0.15) is 17.9 Å². The van der Waals surface area contributed by atoms with Crippen LogP contribution >= 0.6 is 0 Å². The summed E-state index contributed by atoms with van der Waals surface area (Å²) in [7, 11) is 0. The van der Waals surface area contributed by atoms with Crippen LogP contribution in [0.25, 0.3) is 0 Å². The van der Waals surface area contributed by atoms with Crippen molar-refractivity contribution in [1.29, 1.82) is 0 Å². The molecule has 0 unspecified atom stereocenters. The van der Waals surface area contributed by atoms with Crippen molar-refractivity contribution in [3.05, 3.63) is 0 Å². The van der Waals surface area contributed by atoms with E-state index in [9.17, 15) is 19.5 Å². The molecule has 0 spiro atoms. The van der Waals surface area contributed by atoms with Crippen LogP contribution in [-0.4, -0.2) is 34.8 Å². The molecule has 0 heterocycles. The lowest BCUT2D eigenvalue weighted by atomic mass is 9.82. The summed E-state index contributed by atoms with van der Waals surface area (Å²) < 4.78 is 0. The van der Waals surface area contributed by atoms with E-state index in [2.05, 4.69) is 5.32 Å². The number of aliphatic hydroxyl groups is 1. The summed E-state index contributed by atoms with van der Waals surface area (Å²) in [5.41, 5.74) is 5.32. The molecule has 0 aromatic rings. The number of aliphatic hydroxyl groups excluding tert-OH is 1. The molecule has 6 heteroatoms. The topological polar surface area (TPSA) is 109 Å². The van der Waals surface area contributed by atoms with Gasteiger partial charge >= 0.3 is 0 Å². The van der Waals surface area contributed by atoms with E-state index in [1.165, 1.54) is 0 Å². The summed E-state index contributed by atoms with van der Waals surface area (Å²) in [6, 6.07) is -0.881. The van der Waals surface area contributed by atoms with Crippen molar-refractivity contribution in [2.24, 2.45) is 17.6 Å². The Morgan fingerprint density at radius 1 is 1.45 bits per heavy atom. The van der Waals surface area contributed by atoms with Crippen molar-refractivity contribution < 1.29 is 19.5 Å². The number of ketones is 1. The minimum absolute atomic E-state index is 0.0875. The van der Waals surface area contributed by atoms with E-state index in [-0.39, 0.29) is 24.0 Å². The average molecular weight is 284 g/mol. The van der Waals surface area contributed by atoms with Crippen molar-refractivity contribution in [3.63, 3.8) is 0 Å². The first-order valence-electron chi connectivity index (χ1n) is 7.10. The van der Waals surface area contributed by atoms with Gasteiger partial charge in [-0.25, -0.2) is 0 Å². The maximum atomic E-state index is 11.9. The molecule has 1 saturated carbocycles. The molecule has 6 nitrogen and oxygen atoms in total. The van der Waals surface area contributed by atoms with Crippen LogP contribution in [0.4, 0.5) is 0 Å². The average Bonchev–Trinajstić information content (AvgIpc) is 2.34. The highest BCUT2D eigenvalue weighted by atomic mass is 16.3. The van der Waals surface area contributed by atoms with Gasteiger partial charge in [0.25, 0.3) is 0 Å². The van der Waals surface area contributed by atoms with E-state index >= 15 is 0 Å². The third-order valence-electron chi connectivity index (χ3n) is 3.59. The van der Waals surface area contributed by atoms with Crippen LogP contribution in [-0.2, 0) is 14.4 Å². The number of hydrogen-bond donors (Lipinski definition) is 3. The van der Waals surface area contributed by atoms with Gasteiger partial charge in [-0.3, -0.25) is 14.4 Å². The van der Waals surface area contributed by atoms with Crippen LogP contribution < -0.4 is 11.1 Å². The zero-order valence-electron chi connectivity index (χ0n) is 12.1. The number of rotatable bonds is 6. The normalized spacial score (nSPS) is 22.4. The van der Waals surface area contributed by atoms with Crippen molar-refractivity contribution in [3.8, 4) is 0 Å². The van der Waals surface area contributed by atoms with Gasteiger partial charge in [-0.2, -0.15) is 0 Å². The van der Waals surface area contributed by atoms with Gasteiger partial charge in [0.05, 0.1) is 0 Å². The highest BCUT2D eigenvalue weighted by Gasteiger charge is 2.33. The summed E-state index contributed by atoms with van der Waals surface area (Å²) in [5.74, 6) is -1.26. The van der Waals surface area contributed by atoms with Gasteiger partial charge in [0, 0.05) is 12.8 Å². The molecule has 3 atom stereocenters. The van der Waals surface area contributed by atoms with Crippen LogP contribution in [0.2, 0.25) is 0 Å². The lowest BCUT2D eigenvalue weighted by Crippen LogP contribution is -2.52. The second-order valence-corrected chi connectivity index (χ2v) is 5.93. The SMILES string of the molecule is CC(C)C[C@@H](O)C(=O)N[C@@H](C(N)=O)[C@@H]1CCCC(=O)C1. The zero-order chi connectivity index (χ0) is 15.3. The van der Waals surface area contributed by atoms with Gasteiger partial charge in [-0.05, 0) is 31.1 Å². The Labute approximate surface area is 119 Å². The van der Waals surface area contributed by atoms with Crippen LogP contribution in [0.1, 0.15) is 46.0 Å². The summed E-state index contributed by atoms with van der Waals surface area (Å²) in [6.07, 6.45) is 1.33. The predicted octanol–water partition coefficient (Wildman–Crippen LogP) is 0.123. The molecule has 0 saturated heterocycles. The number of nitrogens with one attached hydrogen (secondary N) is 1. The molecule has 114 valence electrons. The molecule has 1 aliphatic carbocycles. The maximum absolute atomic E-state index is 11.9. The largest absolute Gasteiger partial charge is 0.383 e. The molecule has 1 rings (SSSR count). The highest BCUT2D eigenvalue weighted by molar-refractivity contribution is 5.89. The minimum atomic E-state index is -1.16. The number of hydrogen-bond acceptors (Lipinski definition) is 4. The third-order valence-corrected chi connectivity index (χ3v) is 3.59. The quantitative estimate of drug-likeness (QED) is 0.643. The fourth-order valence-corrected chi connectivity index (χ4v) is 2.57. The minimum Gasteiger partial charge on any atom is -0.383 e. The Balaban J connectivity index is 2.65.